The highest BCUT2D eigenvalue weighted by Gasteiger charge is 2.18. The van der Waals surface area contributed by atoms with Gasteiger partial charge in [0.25, 0.3) is 0 Å². The molecule has 10 heavy (non-hydrogen) atoms. The van der Waals surface area contributed by atoms with Crippen molar-refractivity contribution in [3.63, 3.8) is 0 Å². The van der Waals surface area contributed by atoms with Crippen LogP contribution in [0.25, 0.3) is 0 Å². The maximum atomic E-state index is 9.57. The number of hydrogen-bond acceptors (Lipinski definition) is 2. The summed E-state index contributed by atoms with van der Waals surface area (Å²) in [4.78, 5) is 1.20. The van der Waals surface area contributed by atoms with Crippen molar-refractivity contribution >= 4 is 11.3 Å². The molecule has 0 aliphatic rings. The molecule has 1 aromatic heterocycles. The summed E-state index contributed by atoms with van der Waals surface area (Å²) in [6, 6.07) is 1.97. The number of aryl methyl sites for hydroxylation is 1. The summed E-state index contributed by atoms with van der Waals surface area (Å²) in [5, 5.41) is 11.6. The molecule has 1 aromatic rings. The second-order valence-electron chi connectivity index (χ2n) is 2.95. The lowest BCUT2D eigenvalue weighted by Gasteiger charge is -2.16. The van der Waals surface area contributed by atoms with Crippen LogP contribution in [-0.2, 0) is 5.60 Å². The first-order valence-electron chi connectivity index (χ1n) is 3.29. The minimum atomic E-state index is -0.677. The molecule has 1 nitrogen and oxygen atoms in total. The molecule has 0 aliphatic heterocycles. The molecule has 0 atom stereocenters. The van der Waals surface area contributed by atoms with Gasteiger partial charge < -0.3 is 5.11 Å². The fourth-order valence-electron chi connectivity index (χ4n) is 1.02. The Morgan fingerprint density at radius 3 is 2.30 bits per heavy atom. The molecule has 0 fully saturated rings. The molecule has 1 rings (SSSR count). The van der Waals surface area contributed by atoms with E-state index in [0.717, 1.165) is 5.56 Å². The van der Waals surface area contributed by atoms with Crippen molar-refractivity contribution in [1.82, 2.24) is 0 Å². The van der Waals surface area contributed by atoms with E-state index >= 15 is 0 Å². The highest BCUT2D eigenvalue weighted by atomic mass is 32.1. The van der Waals surface area contributed by atoms with E-state index in [4.69, 9.17) is 0 Å². The average molecular weight is 156 g/mol. The van der Waals surface area contributed by atoms with E-state index in [1.54, 1.807) is 11.3 Å². The first-order valence-corrected chi connectivity index (χ1v) is 4.17. The molecule has 0 saturated carbocycles. The van der Waals surface area contributed by atoms with E-state index in [-0.39, 0.29) is 0 Å². The van der Waals surface area contributed by atoms with Gasteiger partial charge in [0.15, 0.2) is 0 Å². The lowest BCUT2D eigenvalue weighted by Crippen LogP contribution is -2.15. The first-order chi connectivity index (χ1) is 4.52. The Hall–Kier alpha value is -0.340. The summed E-state index contributed by atoms with van der Waals surface area (Å²) >= 11 is 1.67. The van der Waals surface area contributed by atoms with Crippen LogP contribution in [0.1, 0.15) is 24.3 Å². The number of hydrogen-bond donors (Lipinski definition) is 1. The van der Waals surface area contributed by atoms with Gasteiger partial charge in [-0.25, -0.2) is 0 Å². The fraction of sp³-hybridized carbons (Fsp3) is 0.500. The molecule has 0 unspecified atom stereocenters. The van der Waals surface area contributed by atoms with Crippen LogP contribution in [0.15, 0.2) is 11.4 Å². The minimum absolute atomic E-state index is 0.677. The topological polar surface area (TPSA) is 20.2 Å². The zero-order valence-corrected chi connectivity index (χ0v) is 7.33. The van der Waals surface area contributed by atoms with Crippen molar-refractivity contribution in [3.8, 4) is 0 Å². The Labute approximate surface area is 65.3 Å². The zero-order valence-electron chi connectivity index (χ0n) is 6.51. The van der Waals surface area contributed by atoms with E-state index in [0.29, 0.717) is 0 Å². The second kappa shape index (κ2) is 2.36. The van der Waals surface area contributed by atoms with E-state index < -0.39 is 5.60 Å². The zero-order chi connectivity index (χ0) is 7.78. The lowest BCUT2D eigenvalue weighted by molar-refractivity contribution is 0.0785. The molecule has 0 radical (unpaired) electrons. The summed E-state index contributed by atoms with van der Waals surface area (Å²) in [6.07, 6.45) is 0. The van der Waals surface area contributed by atoms with Crippen LogP contribution < -0.4 is 0 Å². The fourth-order valence-corrected chi connectivity index (χ4v) is 1.87. The number of rotatable bonds is 1. The summed E-state index contributed by atoms with van der Waals surface area (Å²) in [7, 11) is 0. The molecule has 1 heterocycles. The van der Waals surface area contributed by atoms with Gasteiger partial charge in [-0.15, -0.1) is 11.3 Å². The molecule has 2 heteroatoms. The van der Waals surface area contributed by atoms with Gasteiger partial charge in [-0.05, 0) is 37.8 Å². The highest BCUT2D eigenvalue weighted by molar-refractivity contribution is 7.10. The third kappa shape index (κ3) is 1.39. The summed E-state index contributed by atoms with van der Waals surface area (Å²) in [5.41, 5.74) is 0.363. The summed E-state index contributed by atoms with van der Waals surface area (Å²) < 4.78 is 0. The molecule has 56 valence electrons. The van der Waals surface area contributed by atoms with Crippen LogP contribution in [0.4, 0.5) is 0 Å². The van der Waals surface area contributed by atoms with E-state index in [9.17, 15) is 5.11 Å². The first kappa shape index (κ1) is 7.76. The van der Waals surface area contributed by atoms with Gasteiger partial charge in [-0.3, -0.25) is 0 Å². The van der Waals surface area contributed by atoms with Crippen LogP contribution in [-0.4, -0.2) is 5.11 Å². The van der Waals surface area contributed by atoms with Gasteiger partial charge in [0.05, 0.1) is 5.60 Å². The van der Waals surface area contributed by atoms with E-state index in [1.165, 1.54) is 4.88 Å². The van der Waals surface area contributed by atoms with Crippen LogP contribution in [0, 0.1) is 6.92 Å². The van der Waals surface area contributed by atoms with Crippen LogP contribution in [0.2, 0.25) is 0 Å². The molecule has 0 spiro atoms. The molecule has 1 N–H and O–H groups in total. The van der Waals surface area contributed by atoms with Crippen molar-refractivity contribution in [1.29, 1.82) is 0 Å². The Morgan fingerprint density at radius 2 is 2.10 bits per heavy atom. The third-order valence-corrected chi connectivity index (χ3v) is 2.36. The van der Waals surface area contributed by atoms with E-state index in [1.807, 2.05) is 32.2 Å². The molecule has 0 aliphatic carbocycles. The molecule has 0 amide bonds. The Morgan fingerprint density at radius 1 is 1.50 bits per heavy atom. The molecular weight excluding hydrogens is 144 g/mol. The molecule has 0 bridgehead atoms. The van der Waals surface area contributed by atoms with E-state index in [2.05, 4.69) is 0 Å². The highest BCUT2D eigenvalue weighted by Crippen LogP contribution is 2.26. The molecular formula is C8H12OS. The SMILES string of the molecule is Cc1sccc1C(C)(C)O. The number of thiophene rings is 1. The summed E-state index contributed by atoms with van der Waals surface area (Å²) in [5.74, 6) is 0. The smallest absolute Gasteiger partial charge is 0.0851 e. The molecule has 0 saturated heterocycles. The maximum Gasteiger partial charge on any atom is 0.0851 e. The average Bonchev–Trinajstić information content (AvgIpc) is 2.11. The van der Waals surface area contributed by atoms with Crippen LogP contribution in [0.5, 0.6) is 0 Å². The van der Waals surface area contributed by atoms with Crippen molar-refractivity contribution < 1.29 is 5.11 Å². The standard InChI is InChI=1S/C8H12OS/c1-6-7(4-5-10-6)8(2,3)9/h4-5,9H,1-3H3. The van der Waals surface area contributed by atoms with Gasteiger partial charge in [0.1, 0.15) is 0 Å². The summed E-state index contributed by atoms with van der Waals surface area (Å²) in [6.45, 7) is 5.64. The molecule has 0 aromatic carbocycles. The van der Waals surface area contributed by atoms with Crippen molar-refractivity contribution in [2.45, 2.75) is 26.4 Å². The van der Waals surface area contributed by atoms with Gasteiger partial charge in [-0.1, -0.05) is 0 Å². The third-order valence-electron chi connectivity index (χ3n) is 1.52. The Bertz CT molecular complexity index is 219. The van der Waals surface area contributed by atoms with Crippen molar-refractivity contribution in [2.24, 2.45) is 0 Å². The predicted molar refractivity (Wildman–Crippen MR) is 44.3 cm³/mol. The van der Waals surface area contributed by atoms with Crippen LogP contribution >= 0.6 is 11.3 Å². The van der Waals surface area contributed by atoms with Gasteiger partial charge in [0.2, 0.25) is 0 Å². The van der Waals surface area contributed by atoms with Crippen molar-refractivity contribution in [3.05, 3.63) is 21.9 Å². The second-order valence-corrected chi connectivity index (χ2v) is 4.07. The number of aliphatic hydroxyl groups is 1. The Balaban J connectivity index is 3.05. The minimum Gasteiger partial charge on any atom is -0.386 e. The largest absolute Gasteiger partial charge is 0.386 e. The maximum absolute atomic E-state index is 9.57. The Kier molecular flexibility index (Phi) is 1.84. The monoisotopic (exact) mass is 156 g/mol. The van der Waals surface area contributed by atoms with Crippen molar-refractivity contribution in [2.75, 3.05) is 0 Å². The van der Waals surface area contributed by atoms with Crippen LogP contribution in [0.3, 0.4) is 0 Å². The quantitative estimate of drug-likeness (QED) is 0.661. The van der Waals surface area contributed by atoms with Gasteiger partial charge in [-0.2, -0.15) is 0 Å². The normalized spacial score (nSPS) is 12.0. The van der Waals surface area contributed by atoms with Gasteiger partial charge >= 0.3 is 0 Å². The predicted octanol–water partition coefficient (Wildman–Crippen LogP) is 2.28. The lowest BCUT2D eigenvalue weighted by atomic mass is 10.00. The van der Waals surface area contributed by atoms with Gasteiger partial charge in [0, 0.05) is 4.88 Å².